The van der Waals surface area contributed by atoms with Crippen LogP contribution in [0.1, 0.15) is 23.2 Å². The summed E-state index contributed by atoms with van der Waals surface area (Å²) in [5, 5.41) is 15.1. The maximum Gasteiger partial charge on any atom is 0.254 e. The summed E-state index contributed by atoms with van der Waals surface area (Å²) in [5.74, 6) is -1.35. The number of aliphatic hydroxyl groups excluding tert-OH is 1. The number of ether oxygens (including phenoxy) is 1. The Balaban J connectivity index is 1.86. The first-order chi connectivity index (χ1) is 13.4. The quantitative estimate of drug-likeness (QED) is 0.424. The van der Waals surface area contributed by atoms with Crippen molar-refractivity contribution in [1.29, 1.82) is 0 Å². The third-order valence-corrected chi connectivity index (χ3v) is 4.37. The summed E-state index contributed by atoms with van der Waals surface area (Å²) >= 11 is 0. The molecule has 1 aliphatic rings. The first-order valence-corrected chi connectivity index (χ1v) is 9.32. The number of aliphatic hydroxyl groups is 1. The molecule has 1 aromatic rings. The minimum absolute atomic E-state index is 0.0770. The molecular formula is C20H28FN3O4. The maximum absolute atomic E-state index is 13.7. The van der Waals surface area contributed by atoms with Crippen molar-refractivity contribution < 1.29 is 23.8 Å². The van der Waals surface area contributed by atoms with Gasteiger partial charge in [0.15, 0.2) is 0 Å². The van der Waals surface area contributed by atoms with Crippen LogP contribution < -0.4 is 10.6 Å². The van der Waals surface area contributed by atoms with Crippen molar-refractivity contribution >= 4 is 11.8 Å². The lowest BCUT2D eigenvalue weighted by Gasteiger charge is -2.31. The minimum Gasteiger partial charge on any atom is -0.394 e. The molecule has 0 saturated heterocycles. The number of hydrogen-bond donors (Lipinski definition) is 3. The number of carbonyl (C=O) groups is 2. The molecule has 8 heteroatoms. The standard InChI is InChI=1S/C20H28FN3O4/c1-24(2)11-5-10-22-19(26)12-14-8-9-17(18(13-25)28-14)23-20(27)15-6-3-4-7-16(15)21/h3-4,6-9,14,17-18,25H,5,10-13H2,1-2H3,(H,22,26)(H,23,27)/t14-,17+,18+/m0/s1. The van der Waals surface area contributed by atoms with Gasteiger partial charge in [0.2, 0.25) is 5.91 Å². The second kappa shape index (κ2) is 10.9. The highest BCUT2D eigenvalue weighted by Gasteiger charge is 2.29. The Labute approximate surface area is 164 Å². The van der Waals surface area contributed by atoms with E-state index in [1.165, 1.54) is 18.2 Å². The van der Waals surface area contributed by atoms with E-state index >= 15 is 0 Å². The first kappa shape index (κ1) is 22.0. The van der Waals surface area contributed by atoms with Crippen molar-refractivity contribution in [3.05, 3.63) is 47.8 Å². The molecule has 0 fully saturated rings. The SMILES string of the molecule is CN(C)CCCNC(=O)C[C@@H]1C=C[C@@H](NC(=O)c2ccccc2F)[C@@H](CO)O1. The van der Waals surface area contributed by atoms with Crippen LogP contribution >= 0.6 is 0 Å². The molecule has 1 aliphatic heterocycles. The molecule has 154 valence electrons. The Hall–Kier alpha value is -2.29. The molecule has 1 heterocycles. The predicted molar refractivity (Wildman–Crippen MR) is 103 cm³/mol. The van der Waals surface area contributed by atoms with Gasteiger partial charge in [0.1, 0.15) is 11.9 Å². The summed E-state index contributed by atoms with van der Waals surface area (Å²) in [6.07, 6.45) is 3.12. The first-order valence-electron chi connectivity index (χ1n) is 9.32. The summed E-state index contributed by atoms with van der Waals surface area (Å²) in [6, 6.07) is 5.05. The number of carbonyl (C=O) groups excluding carboxylic acids is 2. The van der Waals surface area contributed by atoms with Crippen LogP contribution in [0.4, 0.5) is 4.39 Å². The summed E-state index contributed by atoms with van der Waals surface area (Å²) in [5.41, 5.74) is -0.0770. The Morgan fingerprint density at radius 2 is 2.00 bits per heavy atom. The molecule has 0 spiro atoms. The summed E-state index contributed by atoms with van der Waals surface area (Å²) < 4.78 is 19.5. The third kappa shape index (κ3) is 6.70. The molecule has 2 amide bonds. The van der Waals surface area contributed by atoms with E-state index in [1.807, 2.05) is 19.0 Å². The van der Waals surface area contributed by atoms with Crippen LogP contribution in [0, 0.1) is 5.82 Å². The van der Waals surface area contributed by atoms with Crippen molar-refractivity contribution in [3.63, 3.8) is 0 Å². The average molecular weight is 393 g/mol. The van der Waals surface area contributed by atoms with E-state index in [1.54, 1.807) is 18.2 Å². The molecule has 0 radical (unpaired) electrons. The van der Waals surface area contributed by atoms with Crippen LogP contribution in [0.2, 0.25) is 0 Å². The van der Waals surface area contributed by atoms with Gasteiger partial charge in [0.25, 0.3) is 5.91 Å². The van der Waals surface area contributed by atoms with Gasteiger partial charge in [-0.2, -0.15) is 0 Å². The fourth-order valence-electron chi connectivity index (χ4n) is 2.89. The number of halogens is 1. The zero-order valence-electron chi connectivity index (χ0n) is 16.2. The molecule has 28 heavy (non-hydrogen) atoms. The second-order valence-electron chi connectivity index (χ2n) is 6.97. The van der Waals surface area contributed by atoms with Crippen LogP contribution in [-0.4, -0.2) is 73.9 Å². The van der Waals surface area contributed by atoms with Gasteiger partial charge in [-0.05, 0) is 39.2 Å². The monoisotopic (exact) mass is 393 g/mol. The number of rotatable bonds is 9. The van der Waals surface area contributed by atoms with Gasteiger partial charge in [-0.1, -0.05) is 24.3 Å². The minimum atomic E-state index is -0.715. The smallest absolute Gasteiger partial charge is 0.254 e. The van der Waals surface area contributed by atoms with Gasteiger partial charge in [-0.25, -0.2) is 4.39 Å². The van der Waals surface area contributed by atoms with Gasteiger partial charge < -0.3 is 25.4 Å². The zero-order chi connectivity index (χ0) is 20.5. The van der Waals surface area contributed by atoms with Crippen LogP contribution in [0.15, 0.2) is 36.4 Å². The van der Waals surface area contributed by atoms with E-state index in [9.17, 15) is 19.1 Å². The highest BCUT2D eigenvalue weighted by Crippen LogP contribution is 2.17. The zero-order valence-corrected chi connectivity index (χ0v) is 16.2. The number of hydrogen-bond acceptors (Lipinski definition) is 5. The normalized spacial score (nSPS) is 21.5. The van der Waals surface area contributed by atoms with E-state index in [4.69, 9.17) is 4.74 Å². The van der Waals surface area contributed by atoms with Crippen molar-refractivity contribution in [1.82, 2.24) is 15.5 Å². The van der Waals surface area contributed by atoms with E-state index in [0.717, 1.165) is 13.0 Å². The van der Waals surface area contributed by atoms with Crippen LogP contribution in [-0.2, 0) is 9.53 Å². The van der Waals surface area contributed by atoms with Gasteiger partial charge >= 0.3 is 0 Å². The summed E-state index contributed by atoms with van der Waals surface area (Å²) in [4.78, 5) is 26.3. The highest BCUT2D eigenvalue weighted by atomic mass is 19.1. The van der Waals surface area contributed by atoms with E-state index in [0.29, 0.717) is 6.54 Å². The Morgan fingerprint density at radius 1 is 1.25 bits per heavy atom. The van der Waals surface area contributed by atoms with Crippen LogP contribution in [0.25, 0.3) is 0 Å². The van der Waals surface area contributed by atoms with Gasteiger partial charge in [0, 0.05) is 6.54 Å². The molecule has 0 aromatic heterocycles. The maximum atomic E-state index is 13.7. The Bertz CT molecular complexity index is 696. The molecule has 0 unspecified atom stereocenters. The predicted octanol–water partition coefficient (Wildman–Crippen LogP) is 0.698. The number of benzene rings is 1. The molecule has 0 saturated carbocycles. The molecule has 1 aromatic carbocycles. The molecule has 2 rings (SSSR count). The largest absolute Gasteiger partial charge is 0.394 e. The highest BCUT2D eigenvalue weighted by molar-refractivity contribution is 5.94. The molecular weight excluding hydrogens is 365 g/mol. The van der Waals surface area contributed by atoms with Crippen LogP contribution in [0.3, 0.4) is 0 Å². The lowest BCUT2D eigenvalue weighted by atomic mass is 10.0. The summed E-state index contributed by atoms with van der Waals surface area (Å²) in [6.45, 7) is 1.13. The van der Waals surface area contributed by atoms with E-state index in [-0.39, 0.29) is 24.5 Å². The average Bonchev–Trinajstić information content (AvgIpc) is 2.66. The summed E-state index contributed by atoms with van der Waals surface area (Å²) in [7, 11) is 3.94. The van der Waals surface area contributed by atoms with E-state index < -0.39 is 30.0 Å². The third-order valence-electron chi connectivity index (χ3n) is 4.37. The Kier molecular flexibility index (Phi) is 8.56. The lowest BCUT2D eigenvalue weighted by Crippen LogP contribution is -2.49. The van der Waals surface area contributed by atoms with Crippen molar-refractivity contribution in [2.45, 2.75) is 31.1 Å². The van der Waals surface area contributed by atoms with Gasteiger partial charge in [0.05, 0.1) is 30.7 Å². The fraction of sp³-hybridized carbons (Fsp3) is 0.500. The molecule has 3 N–H and O–H groups in total. The second-order valence-corrected chi connectivity index (χ2v) is 6.97. The van der Waals surface area contributed by atoms with Crippen molar-refractivity contribution in [2.75, 3.05) is 33.8 Å². The van der Waals surface area contributed by atoms with E-state index in [2.05, 4.69) is 10.6 Å². The Morgan fingerprint density at radius 3 is 2.68 bits per heavy atom. The number of nitrogens with zero attached hydrogens (tertiary/aromatic N) is 1. The van der Waals surface area contributed by atoms with Crippen molar-refractivity contribution in [2.24, 2.45) is 0 Å². The fourth-order valence-corrected chi connectivity index (χ4v) is 2.89. The van der Waals surface area contributed by atoms with Crippen LogP contribution in [0.5, 0.6) is 0 Å². The number of amides is 2. The molecule has 7 nitrogen and oxygen atoms in total. The lowest BCUT2D eigenvalue weighted by molar-refractivity contribution is -0.125. The van der Waals surface area contributed by atoms with Gasteiger partial charge in [-0.15, -0.1) is 0 Å². The molecule has 3 atom stereocenters. The number of nitrogens with one attached hydrogen (secondary N) is 2. The van der Waals surface area contributed by atoms with Crippen molar-refractivity contribution in [3.8, 4) is 0 Å². The van der Waals surface area contributed by atoms with Gasteiger partial charge in [-0.3, -0.25) is 9.59 Å². The molecule has 0 bridgehead atoms. The molecule has 0 aliphatic carbocycles. The topological polar surface area (TPSA) is 90.9 Å².